The number of thioether (sulfide) groups is 1. The second-order valence-electron chi connectivity index (χ2n) is 6.64. The average molecular weight is 322 g/mol. The number of carbonyl (C=O) groups is 1. The average Bonchev–Trinajstić information content (AvgIpc) is 2.93. The maximum atomic E-state index is 12.7. The Bertz CT molecular complexity index is 767. The number of esters is 1. The van der Waals surface area contributed by atoms with E-state index in [2.05, 4.69) is 55.5 Å². The zero-order valence-electron chi connectivity index (χ0n) is 13.0. The molecule has 116 valence electrons. The molecule has 1 fully saturated rings. The zero-order valence-corrected chi connectivity index (χ0v) is 13.8. The van der Waals surface area contributed by atoms with Gasteiger partial charge in [-0.15, -0.1) is 11.8 Å². The number of carbonyl (C=O) groups excluding carboxylic acids is 1. The third-order valence-electron chi connectivity index (χ3n) is 5.74. The van der Waals surface area contributed by atoms with Crippen LogP contribution in [0.4, 0.5) is 0 Å². The minimum Gasteiger partial charge on any atom is -0.464 e. The Kier molecular flexibility index (Phi) is 2.76. The highest BCUT2D eigenvalue weighted by Gasteiger charge is 2.65. The fourth-order valence-electron chi connectivity index (χ4n) is 5.06. The molecule has 1 saturated heterocycles. The summed E-state index contributed by atoms with van der Waals surface area (Å²) in [6.45, 7) is 2.72. The first-order valence-electron chi connectivity index (χ1n) is 8.26. The third kappa shape index (κ3) is 1.54. The summed E-state index contributed by atoms with van der Waals surface area (Å²) < 4.78 is 5.50. The molecular formula is C20H18O2S. The second-order valence-corrected chi connectivity index (χ2v) is 8.27. The van der Waals surface area contributed by atoms with Crippen LogP contribution in [0, 0.1) is 5.92 Å². The molecular weight excluding hydrogens is 304 g/mol. The van der Waals surface area contributed by atoms with Crippen LogP contribution < -0.4 is 0 Å². The van der Waals surface area contributed by atoms with Crippen LogP contribution in [0.5, 0.6) is 0 Å². The number of rotatable bonds is 2. The van der Waals surface area contributed by atoms with E-state index in [9.17, 15) is 4.79 Å². The van der Waals surface area contributed by atoms with Crippen molar-refractivity contribution in [3.05, 3.63) is 70.8 Å². The Balaban J connectivity index is 1.86. The molecule has 23 heavy (non-hydrogen) atoms. The fraction of sp³-hybridized carbons (Fsp3) is 0.350. The fourth-order valence-corrected chi connectivity index (χ4v) is 6.57. The number of cyclic esters (lactones) is 1. The number of hydrogen-bond donors (Lipinski definition) is 0. The molecule has 2 aromatic rings. The Hall–Kier alpha value is -1.74. The van der Waals surface area contributed by atoms with Crippen molar-refractivity contribution in [2.75, 3.05) is 12.4 Å². The van der Waals surface area contributed by atoms with Gasteiger partial charge in [-0.1, -0.05) is 55.5 Å². The highest BCUT2D eigenvalue weighted by atomic mass is 32.2. The molecule has 2 nitrogen and oxygen atoms in total. The van der Waals surface area contributed by atoms with Crippen LogP contribution >= 0.6 is 11.8 Å². The lowest BCUT2D eigenvalue weighted by Crippen LogP contribution is -2.52. The Morgan fingerprint density at radius 3 is 2.17 bits per heavy atom. The van der Waals surface area contributed by atoms with Crippen LogP contribution in [0.1, 0.15) is 41.0 Å². The lowest BCUT2D eigenvalue weighted by atomic mass is 9.54. The first kappa shape index (κ1) is 13.7. The summed E-state index contributed by atoms with van der Waals surface area (Å²) in [7, 11) is 0. The lowest BCUT2D eigenvalue weighted by Gasteiger charge is -2.52. The molecule has 1 aliphatic heterocycles. The molecule has 2 aromatic carbocycles. The molecule has 1 heterocycles. The predicted molar refractivity (Wildman–Crippen MR) is 91.9 cm³/mol. The van der Waals surface area contributed by atoms with E-state index >= 15 is 0 Å². The molecule has 0 saturated carbocycles. The lowest BCUT2D eigenvalue weighted by molar-refractivity contribution is -0.141. The third-order valence-corrected chi connectivity index (χ3v) is 7.17. The summed E-state index contributed by atoms with van der Waals surface area (Å²) in [5.41, 5.74) is 5.44. The largest absolute Gasteiger partial charge is 0.464 e. The van der Waals surface area contributed by atoms with E-state index in [0.717, 1.165) is 5.75 Å². The van der Waals surface area contributed by atoms with Crippen molar-refractivity contribution >= 4 is 17.7 Å². The Labute approximate surface area is 140 Å². The summed E-state index contributed by atoms with van der Waals surface area (Å²) in [5, 5.41) is 0. The summed E-state index contributed by atoms with van der Waals surface area (Å²) in [6.07, 6.45) is 0. The van der Waals surface area contributed by atoms with Gasteiger partial charge in [-0.2, -0.15) is 0 Å². The van der Waals surface area contributed by atoms with Gasteiger partial charge >= 0.3 is 5.97 Å². The van der Waals surface area contributed by atoms with Gasteiger partial charge in [-0.05, 0) is 28.0 Å². The minimum absolute atomic E-state index is 0.00930. The highest BCUT2D eigenvalue weighted by Crippen LogP contribution is 2.66. The van der Waals surface area contributed by atoms with Crippen molar-refractivity contribution in [2.24, 2.45) is 5.92 Å². The zero-order chi connectivity index (χ0) is 15.6. The SMILES string of the molecule is CCS[C@]12COC(=O)[C@H]1C1c3ccccc3C2c2ccccc21. The first-order valence-corrected chi connectivity index (χ1v) is 9.24. The van der Waals surface area contributed by atoms with Crippen molar-refractivity contribution in [3.8, 4) is 0 Å². The van der Waals surface area contributed by atoms with E-state index in [0.29, 0.717) is 6.61 Å². The quantitative estimate of drug-likeness (QED) is 0.783. The molecule has 0 amide bonds. The molecule has 6 rings (SSSR count). The van der Waals surface area contributed by atoms with Gasteiger partial charge in [-0.25, -0.2) is 0 Å². The maximum Gasteiger partial charge on any atom is 0.311 e. The second kappa shape index (κ2) is 4.64. The van der Waals surface area contributed by atoms with Crippen molar-refractivity contribution in [2.45, 2.75) is 23.5 Å². The van der Waals surface area contributed by atoms with Crippen molar-refractivity contribution in [1.29, 1.82) is 0 Å². The van der Waals surface area contributed by atoms with Crippen molar-refractivity contribution in [1.82, 2.24) is 0 Å². The first-order chi connectivity index (χ1) is 11.3. The molecule has 0 N–H and O–H groups in total. The molecule has 3 heteroatoms. The molecule has 2 atom stereocenters. The molecule has 0 spiro atoms. The smallest absolute Gasteiger partial charge is 0.311 e. The van der Waals surface area contributed by atoms with E-state index in [1.54, 1.807) is 0 Å². The van der Waals surface area contributed by atoms with E-state index in [1.165, 1.54) is 22.3 Å². The van der Waals surface area contributed by atoms with Gasteiger partial charge in [0.25, 0.3) is 0 Å². The van der Waals surface area contributed by atoms with Gasteiger partial charge in [0.15, 0.2) is 0 Å². The van der Waals surface area contributed by atoms with E-state index in [-0.39, 0.29) is 28.5 Å². The van der Waals surface area contributed by atoms with Gasteiger partial charge in [0.1, 0.15) is 6.61 Å². The molecule has 0 radical (unpaired) electrons. The molecule has 0 unspecified atom stereocenters. The normalized spacial score (nSPS) is 32.9. The topological polar surface area (TPSA) is 26.3 Å². The summed E-state index contributed by atoms with van der Waals surface area (Å²) >= 11 is 1.92. The molecule has 4 aliphatic rings. The van der Waals surface area contributed by atoms with Crippen LogP contribution in [0.25, 0.3) is 0 Å². The van der Waals surface area contributed by atoms with Crippen LogP contribution in [0.2, 0.25) is 0 Å². The van der Waals surface area contributed by atoms with Crippen molar-refractivity contribution < 1.29 is 9.53 Å². The molecule has 2 bridgehead atoms. The van der Waals surface area contributed by atoms with E-state index < -0.39 is 0 Å². The van der Waals surface area contributed by atoms with Crippen molar-refractivity contribution in [3.63, 3.8) is 0 Å². The van der Waals surface area contributed by atoms with Crippen LogP contribution in [0.3, 0.4) is 0 Å². The molecule has 3 aliphatic carbocycles. The van der Waals surface area contributed by atoms with Gasteiger partial charge < -0.3 is 4.74 Å². The summed E-state index contributed by atoms with van der Waals surface area (Å²) in [5.74, 6) is 1.33. The van der Waals surface area contributed by atoms with Gasteiger partial charge in [-0.3, -0.25) is 4.79 Å². The van der Waals surface area contributed by atoms with Gasteiger partial charge in [0, 0.05) is 11.8 Å². The minimum atomic E-state index is -0.140. The van der Waals surface area contributed by atoms with Gasteiger partial charge in [0.05, 0.1) is 10.7 Å². The van der Waals surface area contributed by atoms with Gasteiger partial charge in [0.2, 0.25) is 0 Å². The van der Waals surface area contributed by atoms with E-state index in [1.807, 2.05) is 11.8 Å². The molecule has 0 aromatic heterocycles. The van der Waals surface area contributed by atoms with Crippen LogP contribution in [0.15, 0.2) is 48.5 Å². The Morgan fingerprint density at radius 2 is 1.61 bits per heavy atom. The van der Waals surface area contributed by atoms with Crippen LogP contribution in [-0.4, -0.2) is 23.1 Å². The van der Waals surface area contributed by atoms with Crippen LogP contribution in [-0.2, 0) is 9.53 Å². The maximum absolute atomic E-state index is 12.7. The number of hydrogen-bond acceptors (Lipinski definition) is 3. The standard InChI is InChI=1S/C20H18O2S/c1-2-23-20-11-22-19(21)18(20)16-12-7-3-5-9-14(12)17(20)15-10-6-4-8-13(15)16/h3-10,16-18H,2,11H2,1H3/t16?,17?,18-,20+/m1/s1. The van der Waals surface area contributed by atoms with E-state index in [4.69, 9.17) is 4.74 Å². The summed E-state index contributed by atoms with van der Waals surface area (Å²) in [4.78, 5) is 12.7. The predicted octanol–water partition coefficient (Wildman–Crippen LogP) is 3.94. The Morgan fingerprint density at radius 1 is 1.04 bits per heavy atom. The number of ether oxygens (including phenoxy) is 1. The monoisotopic (exact) mass is 322 g/mol. The highest BCUT2D eigenvalue weighted by molar-refractivity contribution is 8.00. The number of benzene rings is 2. The summed E-state index contributed by atoms with van der Waals surface area (Å²) in [6, 6.07) is 17.3.